The Morgan fingerprint density at radius 2 is 2.07 bits per heavy atom. The van der Waals surface area contributed by atoms with Crippen LogP contribution in [-0.4, -0.2) is 55.5 Å². The minimum atomic E-state index is -1.66. The number of carbonyl (C=O) groups excluding carboxylic acids is 2. The molecule has 1 aliphatic rings. The smallest absolute Gasteiger partial charge is 0.268 e. The fraction of sp³-hybridized carbons (Fsp3) is 0.238. The number of aliphatic hydroxyl groups is 1. The largest absolute Gasteiger partial charge is 0.369 e. The lowest BCUT2D eigenvalue weighted by Gasteiger charge is -2.13. The first-order chi connectivity index (χ1) is 13.8. The van der Waals surface area contributed by atoms with E-state index >= 15 is 0 Å². The molecule has 2 amide bonds. The number of primary amides is 1. The summed E-state index contributed by atoms with van der Waals surface area (Å²) in [5, 5.41) is 11.0. The van der Waals surface area contributed by atoms with Gasteiger partial charge in [0.05, 0.1) is 5.39 Å². The number of amides is 2. The van der Waals surface area contributed by atoms with E-state index in [4.69, 9.17) is 5.73 Å². The molecule has 8 nitrogen and oxygen atoms in total. The Morgan fingerprint density at radius 1 is 1.28 bits per heavy atom. The molecule has 2 aromatic heterocycles. The van der Waals surface area contributed by atoms with Crippen molar-refractivity contribution in [1.82, 2.24) is 19.4 Å². The first-order valence-corrected chi connectivity index (χ1v) is 9.03. The SMILES string of the molecule is CN1CC[C@@](O)(C#Cc2cccc(-c3nc(C(N)=O)c4ccn(C)c4n3)c2)C1=O. The standard InChI is InChI=1S/C21H19N5O3/c1-25-10-7-15-16(17(22)27)23-18(24-19(15)25)14-5-3-4-13(12-14)6-8-21(29)9-11-26(2)20(21)28/h3-5,7,10,12,29H,9,11H2,1-2H3,(H2,22,27)/t21-/m0/s1. The van der Waals surface area contributed by atoms with Crippen molar-refractivity contribution in [2.24, 2.45) is 12.8 Å². The molecular weight excluding hydrogens is 370 g/mol. The van der Waals surface area contributed by atoms with Gasteiger partial charge in [0, 0.05) is 44.4 Å². The summed E-state index contributed by atoms with van der Waals surface area (Å²) in [6, 6.07) is 8.82. The maximum atomic E-state index is 12.1. The van der Waals surface area contributed by atoms with E-state index in [-0.39, 0.29) is 12.1 Å². The number of aryl methyl sites for hydroxylation is 1. The van der Waals surface area contributed by atoms with Crippen LogP contribution >= 0.6 is 0 Å². The second-order valence-electron chi connectivity index (χ2n) is 7.09. The molecule has 3 aromatic rings. The predicted octanol–water partition coefficient (Wildman–Crippen LogP) is 0.679. The van der Waals surface area contributed by atoms with Crippen LogP contribution in [-0.2, 0) is 11.8 Å². The third-order valence-electron chi connectivity index (χ3n) is 5.00. The molecule has 1 fully saturated rings. The summed E-state index contributed by atoms with van der Waals surface area (Å²) in [7, 11) is 3.46. The molecule has 0 aliphatic carbocycles. The van der Waals surface area contributed by atoms with Gasteiger partial charge in [-0.25, -0.2) is 9.97 Å². The van der Waals surface area contributed by atoms with Gasteiger partial charge in [0.25, 0.3) is 11.8 Å². The predicted molar refractivity (Wildman–Crippen MR) is 107 cm³/mol. The Morgan fingerprint density at radius 3 is 2.76 bits per heavy atom. The average molecular weight is 389 g/mol. The van der Waals surface area contributed by atoms with E-state index in [0.29, 0.717) is 34.5 Å². The highest BCUT2D eigenvalue weighted by molar-refractivity contribution is 6.03. The van der Waals surface area contributed by atoms with Crippen LogP contribution in [0.25, 0.3) is 22.4 Å². The van der Waals surface area contributed by atoms with Gasteiger partial charge in [0.2, 0.25) is 5.60 Å². The van der Waals surface area contributed by atoms with E-state index in [2.05, 4.69) is 21.8 Å². The Hall–Kier alpha value is -3.70. The van der Waals surface area contributed by atoms with Crippen molar-refractivity contribution in [3.63, 3.8) is 0 Å². The third kappa shape index (κ3) is 3.22. The fourth-order valence-electron chi connectivity index (χ4n) is 3.34. The average Bonchev–Trinajstić information content (AvgIpc) is 3.21. The molecule has 0 bridgehead atoms. The second kappa shape index (κ2) is 6.72. The van der Waals surface area contributed by atoms with Gasteiger partial charge in [-0.15, -0.1) is 0 Å². The minimum absolute atomic E-state index is 0.149. The molecule has 4 rings (SSSR count). The van der Waals surface area contributed by atoms with Gasteiger partial charge in [-0.3, -0.25) is 9.59 Å². The van der Waals surface area contributed by atoms with E-state index in [0.717, 1.165) is 0 Å². The van der Waals surface area contributed by atoms with Crippen LogP contribution < -0.4 is 5.73 Å². The van der Waals surface area contributed by atoms with Crippen molar-refractivity contribution in [2.75, 3.05) is 13.6 Å². The number of carbonyl (C=O) groups is 2. The van der Waals surface area contributed by atoms with Crippen LogP contribution in [0.15, 0.2) is 36.5 Å². The Bertz CT molecular complexity index is 1220. The lowest BCUT2D eigenvalue weighted by molar-refractivity contribution is -0.137. The van der Waals surface area contributed by atoms with E-state index in [1.165, 1.54) is 4.90 Å². The normalized spacial score (nSPS) is 18.7. The quantitative estimate of drug-likeness (QED) is 0.626. The topological polar surface area (TPSA) is 114 Å². The summed E-state index contributed by atoms with van der Waals surface area (Å²) in [6.07, 6.45) is 2.05. The van der Waals surface area contributed by atoms with E-state index in [1.807, 2.05) is 7.05 Å². The number of nitrogens with zero attached hydrogens (tertiary/aromatic N) is 4. The minimum Gasteiger partial charge on any atom is -0.369 e. The number of aromatic nitrogens is 3. The van der Waals surface area contributed by atoms with Gasteiger partial charge < -0.3 is 20.3 Å². The van der Waals surface area contributed by atoms with E-state index < -0.39 is 17.4 Å². The van der Waals surface area contributed by atoms with Crippen molar-refractivity contribution in [1.29, 1.82) is 0 Å². The maximum absolute atomic E-state index is 12.1. The van der Waals surface area contributed by atoms with Crippen molar-refractivity contribution in [3.05, 3.63) is 47.8 Å². The number of benzene rings is 1. The summed E-state index contributed by atoms with van der Waals surface area (Å²) in [5.74, 6) is 4.87. The van der Waals surface area contributed by atoms with Crippen LogP contribution in [0.3, 0.4) is 0 Å². The van der Waals surface area contributed by atoms with Crippen molar-refractivity contribution >= 4 is 22.8 Å². The maximum Gasteiger partial charge on any atom is 0.268 e. The number of likely N-dealkylation sites (N-methyl/N-ethyl adjacent to an activating group) is 1. The van der Waals surface area contributed by atoms with Crippen LogP contribution in [0.5, 0.6) is 0 Å². The Kier molecular flexibility index (Phi) is 4.32. The monoisotopic (exact) mass is 389 g/mol. The van der Waals surface area contributed by atoms with E-state index in [1.54, 1.807) is 48.1 Å². The van der Waals surface area contributed by atoms with Gasteiger partial charge in [-0.2, -0.15) is 0 Å². The van der Waals surface area contributed by atoms with Crippen molar-refractivity contribution < 1.29 is 14.7 Å². The molecule has 0 saturated carbocycles. The van der Waals surface area contributed by atoms with Gasteiger partial charge in [-0.05, 0) is 18.2 Å². The number of hydrogen-bond donors (Lipinski definition) is 2. The molecule has 8 heteroatoms. The number of hydrogen-bond acceptors (Lipinski definition) is 5. The summed E-state index contributed by atoms with van der Waals surface area (Å²) >= 11 is 0. The highest BCUT2D eigenvalue weighted by atomic mass is 16.3. The van der Waals surface area contributed by atoms with Crippen molar-refractivity contribution in [2.45, 2.75) is 12.0 Å². The van der Waals surface area contributed by atoms with Gasteiger partial charge in [0.15, 0.2) is 5.82 Å². The molecule has 3 heterocycles. The molecule has 1 saturated heterocycles. The van der Waals surface area contributed by atoms with E-state index in [9.17, 15) is 14.7 Å². The molecule has 1 aromatic carbocycles. The molecule has 0 radical (unpaired) electrons. The fourth-order valence-corrected chi connectivity index (χ4v) is 3.34. The molecule has 0 spiro atoms. The summed E-state index contributed by atoms with van der Waals surface area (Å²) in [4.78, 5) is 34.3. The summed E-state index contributed by atoms with van der Waals surface area (Å²) in [6.45, 7) is 0.463. The Balaban J connectivity index is 1.76. The van der Waals surface area contributed by atoms with Crippen molar-refractivity contribution in [3.8, 4) is 23.2 Å². The molecule has 1 aliphatic heterocycles. The van der Waals surface area contributed by atoms with Gasteiger partial charge >= 0.3 is 0 Å². The van der Waals surface area contributed by atoms with Crippen LogP contribution in [0.4, 0.5) is 0 Å². The molecule has 1 atom stereocenters. The Labute approximate surface area is 167 Å². The van der Waals surface area contributed by atoms with Crippen LogP contribution in [0.2, 0.25) is 0 Å². The molecule has 3 N–H and O–H groups in total. The first-order valence-electron chi connectivity index (χ1n) is 9.03. The summed E-state index contributed by atoms with van der Waals surface area (Å²) in [5.41, 5.74) is 5.81. The number of rotatable bonds is 2. The molecule has 146 valence electrons. The number of nitrogens with two attached hydrogens (primary N) is 1. The van der Waals surface area contributed by atoms with Gasteiger partial charge in [-0.1, -0.05) is 24.0 Å². The molecule has 0 unspecified atom stereocenters. The highest BCUT2D eigenvalue weighted by Crippen LogP contribution is 2.24. The first kappa shape index (κ1) is 18.7. The lowest BCUT2D eigenvalue weighted by atomic mass is 10.0. The number of likely N-dealkylation sites (tertiary alicyclic amines) is 1. The lowest BCUT2D eigenvalue weighted by Crippen LogP contribution is -2.37. The van der Waals surface area contributed by atoms with Gasteiger partial charge in [0.1, 0.15) is 11.3 Å². The van der Waals surface area contributed by atoms with Crippen LogP contribution in [0.1, 0.15) is 22.5 Å². The molecular formula is C21H19N5O3. The zero-order chi connectivity index (χ0) is 20.8. The second-order valence-corrected chi connectivity index (χ2v) is 7.09. The summed E-state index contributed by atoms with van der Waals surface area (Å²) < 4.78 is 1.79. The third-order valence-corrected chi connectivity index (χ3v) is 5.00. The molecule has 29 heavy (non-hydrogen) atoms. The zero-order valence-electron chi connectivity index (χ0n) is 16.0. The highest BCUT2D eigenvalue weighted by Gasteiger charge is 2.42. The number of fused-ring (bicyclic) bond motifs is 1. The van der Waals surface area contributed by atoms with Crippen LogP contribution in [0, 0.1) is 11.8 Å². The zero-order valence-corrected chi connectivity index (χ0v) is 16.0.